The summed E-state index contributed by atoms with van der Waals surface area (Å²) in [4.78, 5) is 0. The number of rotatable bonds is 6. The highest BCUT2D eigenvalue weighted by Gasteiger charge is 2.14. The topological polar surface area (TPSA) is 30.7 Å². The van der Waals surface area contributed by atoms with E-state index in [-0.39, 0.29) is 5.82 Å². The fourth-order valence-corrected chi connectivity index (χ4v) is 3.47. The van der Waals surface area contributed by atoms with Crippen LogP contribution in [0.3, 0.4) is 0 Å². The Labute approximate surface area is 159 Å². The van der Waals surface area contributed by atoms with E-state index in [1.54, 1.807) is 30.3 Å². The summed E-state index contributed by atoms with van der Waals surface area (Å²) in [6.45, 7) is 4.36. The van der Waals surface area contributed by atoms with Crippen molar-refractivity contribution in [2.24, 2.45) is 0 Å². The highest BCUT2D eigenvalue weighted by Crippen LogP contribution is 2.30. The maximum absolute atomic E-state index is 13.0. The molecule has 0 unspecified atom stereocenters. The van der Waals surface area contributed by atoms with Crippen LogP contribution in [0.15, 0.2) is 60.3 Å². The Morgan fingerprint density at radius 1 is 1.08 bits per heavy atom. The molecule has 0 radical (unpaired) electrons. The van der Waals surface area contributed by atoms with Crippen molar-refractivity contribution in [1.82, 2.24) is 14.8 Å². The zero-order valence-electron chi connectivity index (χ0n) is 13.1. The highest BCUT2D eigenvalue weighted by molar-refractivity contribution is 7.98. The van der Waals surface area contributed by atoms with Crippen molar-refractivity contribution in [2.75, 3.05) is 0 Å². The van der Waals surface area contributed by atoms with Gasteiger partial charge in [-0.05, 0) is 35.9 Å². The maximum atomic E-state index is 13.0. The number of allylic oxidation sites excluding steroid dienone is 1. The molecule has 3 nitrogen and oxygen atoms in total. The Kier molecular flexibility index (Phi) is 5.78. The molecule has 2 aromatic carbocycles. The van der Waals surface area contributed by atoms with E-state index in [1.807, 2.05) is 10.6 Å². The summed E-state index contributed by atoms with van der Waals surface area (Å²) in [5.74, 6) is 1.11. The molecule has 1 heterocycles. The summed E-state index contributed by atoms with van der Waals surface area (Å²) in [7, 11) is 0. The van der Waals surface area contributed by atoms with Crippen LogP contribution in [-0.4, -0.2) is 14.8 Å². The van der Waals surface area contributed by atoms with Gasteiger partial charge in [0.1, 0.15) is 5.82 Å². The normalized spacial score (nSPS) is 10.8. The van der Waals surface area contributed by atoms with E-state index in [4.69, 9.17) is 23.2 Å². The van der Waals surface area contributed by atoms with Crippen molar-refractivity contribution >= 4 is 35.0 Å². The first-order valence-corrected chi connectivity index (χ1v) is 9.19. The lowest BCUT2D eigenvalue weighted by Crippen LogP contribution is -2.00. The van der Waals surface area contributed by atoms with Crippen LogP contribution in [0.5, 0.6) is 0 Å². The van der Waals surface area contributed by atoms with Gasteiger partial charge in [-0.1, -0.05) is 53.2 Å². The number of benzene rings is 2. The second-order valence-electron chi connectivity index (χ2n) is 5.25. The molecule has 128 valence electrons. The Morgan fingerprint density at radius 3 is 2.52 bits per heavy atom. The first-order valence-electron chi connectivity index (χ1n) is 7.45. The van der Waals surface area contributed by atoms with Crippen LogP contribution >= 0.6 is 35.0 Å². The molecule has 0 aliphatic heterocycles. The summed E-state index contributed by atoms with van der Waals surface area (Å²) >= 11 is 13.6. The van der Waals surface area contributed by atoms with Crippen LogP contribution in [0, 0.1) is 5.82 Å². The Hall–Kier alpha value is -1.82. The molecular weight excluding hydrogens is 380 g/mol. The molecule has 0 atom stereocenters. The quantitative estimate of drug-likeness (QED) is 0.387. The van der Waals surface area contributed by atoms with Crippen LogP contribution in [0.4, 0.5) is 4.39 Å². The van der Waals surface area contributed by atoms with Crippen LogP contribution in [0.25, 0.3) is 11.4 Å². The van der Waals surface area contributed by atoms with E-state index in [1.165, 1.54) is 23.9 Å². The average molecular weight is 394 g/mol. The third kappa shape index (κ3) is 4.24. The summed E-state index contributed by atoms with van der Waals surface area (Å²) in [6, 6.07) is 11.8. The maximum Gasteiger partial charge on any atom is 0.192 e. The van der Waals surface area contributed by atoms with Crippen molar-refractivity contribution in [2.45, 2.75) is 17.5 Å². The van der Waals surface area contributed by atoms with Crippen molar-refractivity contribution < 1.29 is 4.39 Å². The van der Waals surface area contributed by atoms with Gasteiger partial charge in [-0.2, -0.15) is 0 Å². The molecule has 0 N–H and O–H groups in total. The molecule has 0 spiro atoms. The van der Waals surface area contributed by atoms with Crippen molar-refractivity contribution in [3.63, 3.8) is 0 Å². The van der Waals surface area contributed by atoms with Crippen molar-refractivity contribution in [3.05, 3.63) is 76.5 Å². The number of thioether (sulfide) groups is 1. The van der Waals surface area contributed by atoms with Crippen LogP contribution < -0.4 is 0 Å². The molecule has 25 heavy (non-hydrogen) atoms. The molecule has 0 aliphatic rings. The molecule has 0 saturated carbocycles. The monoisotopic (exact) mass is 393 g/mol. The lowest BCUT2D eigenvalue weighted by atomic mass is 10.2. The Balaban J connectivity index is 1.87. The molecule has 3 aromatic rings. The third-order valence-corrected chi connectivity index (χ3v) is 5.26. The molecule has 0 aliphatic carbocycles. The summed E-state index contributed by atoms with van der Waals surface area (Å²) in [5.41, 5.74) is 1.84. The number of halogens is 3. The lowest BCUT2D eigenvalue weighted by Gasteiger charge is -2.08. The molecule has 0 amide bonds. The lowest BCUT2D eigenvalue weighted by molar-refractivity contribution is 0.627. The summed E-state index contributed by atoms with van der Waals surface area (Å²) < 4.78 is 15.0. The van der Waals surface area contributed by atoms with Crippen LogP contribution in [0.1, 0.15) is 5.56 Å². The molecule has 0 bridgehead atoms. The second kappa shape index (κ2) is 8.04. The molecular formula is C18H14Cl2FN3S. The number of aromatic nitrogens is 3. The summed E-state index contributed by atoms with van der Waals surface area (Å²) in [5, 5.41) is 10.3. The minimum absolute atomic E-state index is 0.245. The van der Waals surface area contributed by atoms with Gasteiger partial charge in [0.05, 0.1) is 10.0 Å². The third-order valence-electron chi connectivity index (χ3n) is 3.49. The average Bonchev–Trinajstić information content (AvgIpc) is 3.00. The first kappa shape index (κ1) is 18.0. The van der Waals surface area contributed by atoms with Gasteiger partial charge in [0, 0.05) is 17.9 Å². The predicted molar refractivity (Wildman–Crippen MR) is 102 cm³/mol. The number of hydrogen-bond donors (Lipinski definition) is 0. The van der Waals surface area contributed by atoms with Gasteiger partial charge in [0.25, 0.3) is 0 Å². The molecule has 0 saturated heterocycles. The van der Waals surface area contributed by atoms with Gasteiger partial charge in [-0.25, -0.2) is 4.39 Å². The van der Waals surface area contributed by atoms with E-state index in [0.29, 0.717) is 28.2 Å². The first-order chi connectivity index (χ1) is 12.1. The minimum atomic E-state index is -0.245. The second-order valence-corrected chi connectivity index (χ2v) is 7.01. The van der Waals surface area contributed by atoms with E-state index in [0.717, 1.165) is 16.3 Å². The smallest absolute Gasteiger partial charge is 0.192 e. The molecule has 1 aromatic heterocycles. The number of nitrogens with zero attached hydrogens (tertiary/aromatic N) is 3. The summed E-state index contributed by atoms with van der Waals surface area (Å²) in [6.07, 6.45) is 1.78. The zero-order chi connectivity index (χ0) is 17.8. The standard InChI is InChI=1S/C18H14Cl2FN3S/c1-2-9-24-17(13-5-8-15(19)16(20)10-13)22-23-18(24)25-11-12-3-6-14(21)7-4-12/h2-8,10H,1,9,11H2. The van der Waals surface area contributed by atoms with Crippen molar-refractivity contribution in [1.29, 1.82) is 0 Å². The molecule has 3 rings (SSSR count). The minimum Gasteiger partial charge on any atom is -0.298 e. The van der Waals surface area contributed by atoms with Gasteiger partial charge < -0.3 is 0 Å². The number of hydrogen-bond acceptors (Lipinski definition) is 3. The van der Waals surface area contributed by atoms with Gasteiger partial charge in [0.15, 0.2) is 11.0 Å². The zero-order valence-corrected chi connectivity index (χ0v) is 15.5. The Morgan fingerprint density at radius 2 is 1.84 bits per heavy atom. The van der Waals surface area contributed by atoms with E-state index >= 15 is 0 Å². The van der Waals surface area contributed by atoms with E-state index in [2.05, 4.69) is 16.8 Å². The van der Waals surface area contributed by atoms with Crippen LogP contribution in [-0.2, 0) is 12.3 Å². The van der Waals surface area contributed by atoms with E-state index < -0.39 is 0 Å². The molecule has 0 fully saturated rings. The van der Waals surface area contributed by atoms with E-state index in [9.17, 15) is 4.39 Å². The molecule has 7 heteroatoms. The predicted octanol–water partition coefficient (Wildman–Crippen LogP) is 5.87. The van der Waals surface area contributed by atoms with Gasteiger partial charge >= 0.3 is 0 Å². The SMILES string of the molecule is C=CCn1c(SCc2ccc(F)cc2)nnc1-c1ccc(Cl)c(Cl)c1. The largest absolute Gasteiger partial charge is 0.298 e. The fourth-order valence-electron chi connectivity index (χ4n) is 2.27. The van der Waals surface area contributed by atoms with Gasteiger partial charge in [0.2, 0.25) is 0 Å². The highest BCUT2D eigenvalue weighted by atomic mass is 35.5. The van der Waals surface area contributed by atoms with Gasteiger partial charge in [-0.3, -0.25) is 4.57 Å². The Bertz CT molecular complexity index is 894. The van der Waals surface area contributed by atoms with Crippen molar-refractivity contribution in [3.8, 4) is 11.4 Å². The fraction of sp³-hybridized carbons (Fsp3) is 0.111. The van der Waals surface area contributed by atoms with Gasteiger partial charge in [-0.15, -0.1) is 16.8 Å². The van der Waals surface area contributed by atoms with Crippen LogP contribution in [0.2, 0.25) is 10.0 Å².